The molecule has 0 bridgehead atoms. The molecule has 0 saturated carbocycles. The molecule has 0 fully saturated rings. The van der Waals surface area contributed by atoms with Gasteiger partial charge >= 0.3 is 0 Å². The van der Waals surface area contributed by atoms with Gasteiger partial charge in [-0.1, -0.05) is 6.07 Å². The van der Waals surface area contributed by atoms with Gasteiger partial charge in [0.25, 0.3) is 5.91 Å². The standard InChI is InChI=1S/C15H16FN3O3S/c1-10-7-11(9-17-14(10)16)15(20)18-12-5-4-6-13(8-12)23(21,22)19(2)3/h4-9H,1-3H3,(H,18,20). The number of pyridine rings is 1. The third-order valence-electron chi connectivity index (χ3n) is 3.15. The summed E-state index contributed by atoms with van der Waals surface area (Å²) in [5.41, 5.74) is 0.756. The molecule has 0 radical (unpaired) electrons. The highest BCUT2D eigenvalue weighted by atomic mass is 32.2. The summed E-state index contributed by atoms with van der Waals surface area (Å²) < 4.78 is 38.4. The van der Waals surface area contributed by atoms with Crippen LogP contribution in [0.1, 0.15) is 15.9 Å². The third kappa shape index (κ3) is 3.72. The normalized spacial score (nSPS) is 11.5. The molecule has 1 aromatic heterocycles. The van der Waals surface area contributed by atoms with Crippen molar-refractivity contribution in [3.63, 3.8) is 0 Å². The fourth-order valence-corrected chi connectivity index (χ4v) is 2.78. The van der Waals surface area contributed by atoms with Crippen molar-refractivity contribution in [2.45, 2.75) is 11.8 Å². The number of amides is 1. The van der Waals surface area contributed by atoms with Crippen molar-refractivity contribution in [2.24, 2.45) is 0 Å². The number of hydrogen-bond acceptors (Lipinski definition) is 4. The van der Waals surface area contributed by atoms with Crippen molar-refractivity contribution in [1.82, 2.24) is 9.29 Å². The number of nitrogens with one attached hydrogen (secondary N) is 1. The Morgan fingerprint density at radius 3 is 2.57 bits per heavy atom. The van der Waals surface area contributed by atoms with Gasteiger partial charge in [-0.3, -0.25) is 4.79 Å². The van der Waals surface area contributed by atoms with Crippen molar-refractivity contribution in [3.8, 4) is 0 Å². The van der Waals surface area contributed by atoms with E-state index in [1.807, 2.05) is 0 Å². The van der Waals surface area contributed by atoms with E-state index in [0.717, 1.165) is 10.5 Å². The van der Waals surface area contributed by atoms with Crippen LogP contribution in [0, 0.1) is 12.9 Å². The summed E-state index contributed by atoms with van der Waals surface area (Å²) >= 11 is 0. The first-order chi connectivity index (χ1) is 10.7. The summed E-state index contributed by atoms with van der Waals surface area (Å²) in [7, 11) is -0.744. The maximum absolute atomic E-state index is 13.1. The second-order valence-corrected chi connectivity index (χ2v) is 7.25. The molecule has 0 unspecified atom stereocenters. The zero-order valence-corrected chi connectivity index (χ0v) is 13.7. The second kappa shape index (κ2) is 6.43. The third-order valence-corrected chi connectivity index (χ3v) is 4.96. The van der Waals surface area contributed by atoms with Crippen LogP contribution in [-0.2, 0) is 10.0 Å². The first kappa shape index (κ1) is 17.0. The van der Waals surface area contributed by atoms with Crippen LogP contribution in [0.5, 0.6) is 0 Å². The number of carbonyl (C=O) groups is 1. The highest BCUT2D eigenvalue weighted by Crippen LogP contribution is 2.18. The van der Waals surface area contributed by atoms with Crippen LogP contribution in [0.15, 0.2) is 41.4 Å². The van der Waals surface area contributed by atoms with E-state index in [2.05, 4.69) is 10.3 Å². The van der Waals surface area contributed by atoms with Crippen LogP contribution in [0.4, 0.5) is 10.1 Å². The summed E-state index contributed by atoms with van der Waals surface area (Å²) in [4.78, 5) is 15.7. The number of hydrogen-bond donors (Lipinski definition) is 1. The molecule has 122 valence electrons. The number of aryl methyl sites for hydroxylation is 1. The molecule has 1 aromatic carbocycles. The van der Waals surface area contributed by atoms with Gasteiger partial charge in [-0.25, -0.2) is 17.7 Å². The Hall–Kier alpha value is -2.32. The SMILES string of the molecule is Cc1cc(C(=O)Nc2cccc(S(=O)(=O)N(C)C)c2)cnc1F. The molecule has 2 rings (SSSR count). The number of nitrogens with zero attached hydrogens (tertiary/aromatic N) is 2. The lowest BCUT2D eigenvalue weighted by molar-refractivity contribution is 0.102. The molecular weight excluding hydrogens is 321 g/mol. The van der Waals surface area contributed by atoms with E-state index in [4.69, 9.17) is 0 Å². The van der Waals surface area contributed by atoms with E-state index in [-0.39, 0.29) is 16.0 Å². The Kier molecular flexibility index (Phi) is 4.76. The number of halogens is 1. The highest BCUT2D eigenvalue weighted by Gasteiger charge is 2.18. The predicted molar refractivity (Wildman–Crippen MR) is 84.2 cm³/mol. The minimum atomic E-state index is -3.59. The lowest BCUT2D eigenvalue weighted by atomic mass is 10.2. The van der Waals surface area contributed by atoms with Gasteiger partial charge in [0.15, 0.2) is 0 Å². The van der Waals surface area contributed by atoms with Gasteiger partial charge in [0.05, 0.1) is 10.5 Å². The second-order valence-electron chi connectivity index (χ2n) is 5.10. The minimum absolute atomic E-state index is 0.0636. The molecule has 0 aliphatic heterocycles. The molecule has 6 nitrogen and oxygen atoms in total. The Balaban J connectivity index is 2.27. The van der Waals surface area contributed by atoms with Crippen molar-refractivity contribution < 1.29 is 17.6 Å². The Bertz CT molecular complexity index is 851. The van der Waals surface area contributed by atoms with Gasteiger partial charge in [-0.15, -0.1) is 0 Å². The van der Waals surface area contributed by atoms with Gasteiger partial charge in [-0.2, -0.15) is 4.39 Å². The first-order valence-electron chi connectivity index (χ1n) is 6.68. The molecule has 1 heterocycles. The monoisotopic (exact) mass is 337 g/mol. The number of sulfonamides is 1. The zero-order valence-electron chi connectivity index (χ0n) is 12.9. The van der Waals surface area contributed by atoms with Crippen molar-refractivity contribution in [1.29, 1.82) is 0 Å². The quantitative estimate of drug-likeness (QED) is 0.866. The summed E-state index contributed by atoms with van der Waals surface area (Å²) in [6, 6.07) is 7.26. The van der Waals surface area contributed by atoms with Crippen LogP contribution in [-0.4, -0.2) is 37.7 Å². The fraction of sp³-hybridized carbons (Fsp3) is 0.200. The largest absolute Gasteiger partial charge is 0.322 e. The van der Waals surface area contributed by atoms with Crippen molar-refractivity contribution >= 4 is 21.6 Å². The fourth-order valence-electron chi connectivity index (χ4n) is 1.83. The van der Waals surface area contributed by atoms with E-state index in [0.29, 0.717) is 5.69 Å². The summed E-state index contributed by atoms with van der Waals surface area (Å²) in [6.07, 6.45) is 1.12. The number of anilines is 1. The zero-order chi connectivity index (χ0) is 17.2. The Labute approximate surface area is 134 Å². The molecule has 0 spiro atoms. The van der Waals surface area contributed by atoms with E-state index in [9.17, 15) is 17.6 Å². The summed E-state index contributed by atoms with van der Waals surface area (Å²) in [6.45, 7) is 1.50. The Morgan fingerprint density at radius 1 is 1.26 bits per heavy atom. The average molecular weight is 337 g/mol. The molecule has 1 amide bonds. The molecule has 0 aliphatic rings. The minimum Gasteiger partial charge on any atom is -0.322 e. The number of benzene rings is 1. The summed E-state index contributed by atoms with van der Waals surface area (Å²) in [5, 5.41) is 2.57. The van der Waals surface area contributed by atoms with E-state index in [1.165, 1.54) is 45.3 Å². The molecular formula is C15H16FN3O3S. The number of carbonyl (C=O) groups excluding carboxylic acids is 1. The van der Waals surface area contributed by atoms with Crippen molar-refractivity contribution in [3.05, 3.63) is 53.6 Å². The molecule has 0 atom stereocenters. The number of rotatable bonds is 4. The Morgan fingerprint density at radius 2 is 1.96 bits per heavy atom. The van der Waals surface area contributed by atoms with Crippen molar-refractivity contribution in [2.75, 3.05) is 19.4 Å². The van der Waals surface area contributed by atoms with E-state index in [1.54, 1.807) is 6.07 Å². The smallest absolute Gasteiger partial charge is 0.257 e. The number of aromatic nitrogens is 1. The maximum Gasteiger partial charge on any atom is 0.257 e. The van der Waals surface area contributed by atoms with Crippen LogP contribution < -0.4 is 5.32 Å². The van der Waals surface area contributed by atoms with E-state index >= 15 is 0 Å². The van der Waals surface area contributed by atoms with Crippen LogP contribution in [0.3, 0.4) is 0 Å². The maximum atomic E-state index is 13.1. The van der Waals surface area contributed by atoms with Gasteiger partial charge < -0.3 is 5.32 Å². The molecule has 1 N–H and O–H groups in total. The topological polar surface area (TPSA) is 79.4 Å². The van der Waals surface area contributed by atoms with Gasteiger partial charge in [-0.05, 0) is 31.2 Å². The summed E-state index contributed by atoms with van der Waals surface area (Å²) in [5.74, 6) is -1.14. The molecule has 0 saturated heterocycles. The highest BCUT2D eigenvalue weighted by molar-refractivity contribution is 7.89. The van der Waals surface area contributed by atoms with Gasteiger partial charge in [0, 0.05) is 31.5 Å². The average Bonchev–Trinajstić information content (AvgIpc) is 2.50. The molecule has 2 aromatic rings. The van der Waals surface area contributed by atoms with Crippen LogP contribution >= 0.6 is 0 Å². The molecule has 23 heavy (non-hydrogen) atoms. The lowest BCUT2D eigenvalue weighted by Gasteiger charge is -2.12. The van der Waals surface area contributed by atoms with Crippen LogP contribution in [0.25, 0.3) is 0 Å². The van der Waals surface area contributed by atoms with E-state index < -0.39 is 21.9 Å². The predicted octanol–water partition coefficient (Wildman–Crippen LogP) is 2.03. The molecule has 8 heteroatoms. The molecule has 0 aliphatic carbocycles. The first-order valence-corrected chi connectivity index (χ1v) is 8.12. The van der Waals surface area contributed by atoms with Crippen LogP contribution in [0.2, 0.25) is 0 Å². The van der Waals surface area contributed by atoms with Gasteiger partial charge in [0.2, 0.25) is 16.0 Å². The van der Waals surface area contributed by atoms with Gasteiger partial charge in [0.1, 0.15) is 0 Å². The lowest BCUT2D eigenvalue weighted by Crippen LogP contribution is -2.22.